The summed E-state index contributed by atoms with van der Waals surface area (Å²) in [5.74, 6) is -0.187. The molecule has 1 heterocycles. The van der Waals surface area contributed by atoms with E-state index in [1.165, 1.54) is 21.3 Å². The van der Waals surface area contributed by atoms with Gasteiger partial charge in [-0.25, -0.2) is 9.78 Å². The molecule has 1 aromatic heterocycles. The van der Waals surface area contributed by atoms with Crippen LogP contribution in [0.15, 0.2) is 4.42 Å². The Balaban J connectivity index is 2.94. The number of esters is 1. The lowest BCUT2D eigenvalue weighted by atomic mass is 10.3. The molecule has 0 aliphatic rings. The minimum absolute atomic E-state index is 0.0615. The van der Waals surface area contributed by atoms with Crippen molar-refractivity contribution < 1.29 is 23.4 Å². The molecule has 0 aromatic carbocycles. The maximum Gasteiger partial charge on any atom is 0.376 e. The number of hydrogen-bond donors (Lipinski definition) is 0. The van der Waals surface area contributed by atoms with Gasteiger partial charge in [0.2, 0.25) is 11.7 Å². The molecule has 0 saturated carbocycles. The van der Waals surface area contributed by atoms with Gasteiger partial charge in [-0.2, -0.15) is 0 Å². The normalized spacial score (nSPS) is 10.3. The van der Waals surface area contributed by atoms with Crippen molar-refractivity contribution in [3.05, 3.63) is 17.3 Å². The first-order chi connectivity index (χ1) is 7.22. The van der Waals surface area contributed by atoms with Gasteiger partial charge in [0.15, 0.2) is 0 Å². The quantitative estimate of drug-likeness (QED) is 0.675. The monoisotopic (exact) mass is 215 g/mol. The van der Waals surface area contributed by atoms with E-state index in [0.29, 0.717) is 11.6 Å². The van der Waals surface area contributed by atoms with E-state index >= 15 is 0 Å². The Morgan fingerprint density at radius 3 is 2.47 bits per heavy atom. The summed E-state index contributed by atoms with van der Waals surface area (Å²) < 4.78 is 19.4. The van der Waals surface area contributed by atoms with Crippen molar-refractivity contribution in [1.29, 1.82) is 0 Å². The van der Waals surface area contributed by atoms with Crippen LogP contribution in [-0.4, -0.2) is 32.3 Å². The average Bonchev–Trinajstić information content (AvgIpc) is 2.61. The standard InChI is InChI=1S/C9H13NO5/c1-12-4-6-8(9(11)14-3)15-7(10-6)5-13-2/h4-5H2,1-3H3. The molecule has 0 aliphatic heterocycles. The van der Waals surface area contributed by atoms with E-state index in [9.17, 15) is 4.79 Å². The van der Waals surface area contributed by atoms with Gasteiger partial charge >= 0.3 is 5.97 Å². The van der Waals surface area contributed by atoms with Gasteiger partial charge in [0, 0.05) is 14.2 Å². The highest BCUT2D eigenvalue weighted by atomic mass is 16.5. The van der Waals surface area contributed by atoms with E-state index in [0.717, 1.165) is 0 Å². The van der Waals surface area contributed by atoms with E-state index < -0.39 is 5.97 Å². The SMILES string of the molecule is COCc1nc(COC)c(C(=O)OC)o1. The molecule has 0 bridgehead atoms. The van der Waals surface area contributed by atoms with Crippen LogP contribution in [0.2, 0.25) is 0 Å². The van der Waals surface area contributed by atoms with Crippen LogP contribution in [0.1, 0.15) is 22.1 Å². The van der Waals surface area contributed by atoms with E-state index in [-0.39, 0.29) is 19.0 Å². The molecule has 0 atom stereocenters. The number of ether oxygens (including phenoxy) is 3. The summed E-state index contributed by atoms with van der Waals surface area (Å²) in [6, 6.07) is 0. The van der Waals surface area contributed by atoms with Crippen LogP contribution in [0.5, 0.6) is 0 Å². The second-order valence-corrected chi connectivity index (χ2v) is 2.74. The molecule has 0 N–H and O–H groups in total. The van der Waals surface area contributed by atoms with Crippen LogP contribution in [0.3, 0.4) is 0 Å². The Bertz CT molecular complexity index is 333. The number of oxazole rings is 1. The summed E-state index contributed by atoms with van der Waals surface area (Å²) in [5.41, 5.74) is 0.413. The summed E-state index contributed by atoms with van der Waals surface area (Å²) in [6.45, 7) is 0.394. The largest absolute Gasteiger partial charge is 0.463 e. The fraction of sp³-hybridized carbons (Fsp3) is 0.556. The highest BCUT2D eigenvalue weighted by Crippen LogP contribution is 2.14. The minimum atomic E-state index is -0.572. The molecular formula is C9H13NO5. The summed E-state index contributed by atoms with van der Waals surface area (Å²) >= 11 is 0. The first-order valence-electron chi connectivity index (χ1n) is 4.27. The van der Waals surface area contributed by atoms with Crippen molar-refractivity contribution in [3.63, 3.8) is 0 Å². The summed E-state index contributed by atoms with van der Waals surface area (Å²) in [5, 5.41) is 0. The maximum atomic E-state index is 11.3. The fourth-order valence-corrected chi connectivity index (χ4v) is 1.07. The molecule has 0 saturated heterocycles. The molecule has 0 aliphatic carbocycles. The zero-order valence-electron chi connectivity index (χ0n) is 8.90. The third kappa shape index (κ3) is 2.77. The van der Waals surface area contributed by atoms with Crippen molar-refractivity contribution in [3.8, 4) is 0 Å². The van der Waals surface area contributed by atoms with Crippen molar-refractivity contribution in [2.75, 3.05) is 21.3 Å². The molecule has 0 spiro atoms. The third-order valence-corrected chi connectivity index (χ3v) is 1.66. The van der Waals surface area contributed by atoms with Crippen LogP contribution in [-0.2, 0) is 27.4 Å². The van der Waals surface area contributed by atoms with Gasteiger partial charge in [0.1, 0.15) is 12.3 Å². The topological polar surface area (TPSA) is 70.8 Å². The van der Waals surface area contributed by atoms with Crippen LogP contribution < -0.4 is 0 Å². The second-order valence-electron chi connectivity index (χ2n) is 2.74. The first-order valence-corrected chi connectivity index (χ1v) is 4.27. The third-order valence-electron chi connectivity index (χ3n) is 1.66. The Hall–Kier alpha value is -1.40. The van der Waals surface area contributed by atoms with E-state index in [2.05, 4.69) is 9.72 Å². The Morgan fingerprint density at radius 1 is 1.27 bits per heavy atom. The first kappa shape index (κ1) is 11.7. The lowest BCUT2D eigenvalue weighted by molar-refractivity contribution is 0.0551. The fourth-order valence-electron chi connectivity index (χ4n) is 1.07. The van der Waals surface area contributed by atoms with Crippen molar-refractivity contribution in [1.82, 2.24) is 4.98 Å². The lowest BCUT2D eigenvalue weighted by Gasteiger charge is -1.96. The number of carbonyl (C=O) groups excluding carboxylic acids is 1. The number of methoxy groups -OCH3 is 3. The zero-order valence-corrected chi connectivity index (χ0v) is 8.90. The molecule has 1 aromatic rings. The Kier molecular flexibility index (Phi) is 4.26. The molecule has 0 unspecified atom stereocenters. The van der Waals surface area contributed by atoms with Crippen LogP contribution in [0.25, 0.3) is 0 Å². The predicted molar refractivity (Wildman–Crippen MR) is 49.3 cm³/mol. The summed E-state index contributed by atoms with van der Waals surface area (Å²) in [6.07, 6.45) is 0. The molecular weight excluding hydrogens is 202 g/mol. The highest BCUT2D eigenvalue weighted by molar-refractivity contribution is 5.87. The van der Waals surface area contributed by atoms with Crippen LogP contribution >= 0.6 is 0 Å². The van der Waals surface area contributed by atoms with Gasteiger partial charge in [-0.1, -0.05) is 0 Å². The molecule has 84 valence electrons. The molecule has 0 fully saturated rings. The number of carbonyl (C=O) groups is 1. The lowest BCUT2D eigenvalue weighted by Crippen LogP contribution is -2.04. The van der Waals surface area contributed by atoms with Crippen molar-refractivity contribution >= 4 is 5.97 Å². The van der Waals surface area contributed by atoms with E-state index in [4.69, 9.17) is 13.9 Å². The molecule has 15 heavy (non-hydrogen) atoms. The maximum absolute atomic E-state index is 11.3. The second kappa shape index (κ2) is 5.47. The van der Waals surface area contributed by atoms with Crippen LogP contribution in [0, 0.1) is 0 Å². The highest BCUT2D eigenvalue weighted by Gasteiger charge is 2.20. The van der Waals surface area contributed by atoms with Crippen LogP contribution in [0.4, 0.5) is 0 Å². The zero-order chi connectivity index (χ0) is 11.3. The van der Waals surface area contributed by atoms with E-state index in [1.54, 1.807) is 0 Å². The van der Waals surface area contributed by atoms with Gasteiger partial charge in [-0.05, 0) is 0 Å². The van der Waals surface area contributed by atoms with Crippen molar-refractivity contribution in [2.24, 2.45) is 0 Å². The van der Waals surface area contributed by atoms with Gasteiger partial charge in [0.25, 0.3) is 0 Å². The molecule has 1 rings (SSSR count). The summed E-state index contributed by atoms with van der Waals surface area (Å²) in [7, 11) is 4.29. The minimum Gasteiger partial charge on any atom is -0.463 e. The van der Waals surface area contributed by atoms with Gasteiger partial charge in [0.05, 0.1) is 13.7 Å². The average molecular weight is 215 g/mol. The number of nitrogens with zero attached hydrogens (tertiary/aromatic N) is 1. The molecule has 0 amide bonds. The van der Waals surface area contributed by atoms with Gasteiger partial charge < -0.3 is 18.6 Å². The van der Waals surface area contributed by atoms with E-state index in [1.807, 2.05) is 0 Å². The summed E-state index contributed by atoms with van der Waals surface area (Å²) in [4.78, 5) is 15.3. The molecule has 6 heteroatoms. The molecule has 6 nitrogen and oxygen atoms in total. The number of aromatic nitrogens is 1. The number of rotatable bonds is 5. The predicted octanol–water partition coefficient (Wildman–Crippen LogP) is 0.754. The Labute approximate surface area is 87.1 Å². The molecule has 0 radical (unpaired) electrons. The van der Waals surface area contributed by atoms with Gasteiger partial charge in [-0.3, -0.25) is 0 Å². The smallest absolute Gasteiger partial charge is 0.376 e. The number of hydrogen-bond acceptors (Lipinski definition) is 6. The Morgan fingerprint density at radius 2 is 1.93 bits per heavy atom. The van der Waals surface area contributed by atoms with Gasteiger partial charge in [-0.15, -0.1) is 0 Å². The van der Waals surface area contributed by atoms with Crippen molar-refractivity contribution in [2.45, 2.75) is 13.2 Å².